The number of hydrogen-bond acceptors (Lipinski definition) is 4. The van der Waals surface area contributed by atoms with E-state index in [4.69, 9.17) is 6.42 Å². The van der Waals surface area contributed by atoms with E-state index in [1.54, 1.807) is 0 Å². The van der Waals surface area contributed by atoms with Gasteiger partial charge in [0.25, 0.3) is 0 Å². The highest BCUT2D eigenvalue weighted by Crippen LogP contribution is 1.96. The van der Waals surface area contributed by atoms with Gasteiger partial charge in [-0.05, 0) is 13.0 Å². The molecule has 0 saturated heterocycles. The van der Waals surface area contributed by atoms with Gasteiger partial charge in [-0.1, -0.05) is 31.9 Å². The second-order valence-corrected chi connectivity index (χ2v) is 4.99. The molecule has 1 N–H and O–H groups in total. The highest BCUT2D eigenvalue weighted by molar-refractivity contribution is 4.92. The first-order chi connectivity index (χ1) is 9.15. The Morgan fingerprint density at radius 1 is 1.47 bits per heavy atom. The maximum absolute atomic E-state index is 5.37. The number of terminal acetylenes is 1. The van der Waals surface area contributed by atoms with Gasteiger partial charge in [0.1, 0.15) is 0 Å². The molecule has 19 heavy (non-hydrogen) atoms. The van der Waals surface area contributed by atoms with Crippen molar-refractivity contribution in [2.75, 3.05) is 19.6 Å². The Bertz CT molecular complexity index is 391. The standard InChI is InChI=1S/C14H25N5/c1-5-7-18(8-6-2)9-10-19-12-14(16-17-19)11-15-13(3)4/h1,12-13,15H,6-11H2,2-4H3. The molecule has 1 heterocycles. The smallest absolute Gasteiger partial charge is 0.0964 e. The lowest BCUT2D eigenvalue weighted by atomic mass is 10.3. The van der Waals surface area contributed by atoms with Crippen LogP contribution in [-0.4, -0.2) is 45.6 Å². The highest BCUT2D eigenvalue weighted by atomic mass is 15.4. The molecular formula is C14H25N5. The van der Waals surface area contributed by atoms with E-state index in [0.717, 1.165) is 38.3 Å². The molecule has 0 aliphatic rings. The van der Waals surface area contributed by atoms with E-state index in [1.165, 1.54) is 0 Å². The van der Waals surface area contributed by atoms with Crippen molar-refractivity contribution in [2.45, 2.75) is 46.3 Å². The Morgan fingerprint density at radius 3 is 2.89 bits per heavy atom. The van der Waals surface area contributed by atoms with Crippen LogP contribution in [0.5, 0.6) is 0 Å². The first-order valence-corrected chi connectivity index (χ1v) is 6.94. The van der Waals surface area contributed by atoms with Crippen molar-refractivity contribution in [3.05, 3.63) is 11.9 Å². The zero-order valence-corrected chi connectivity index (χ0v) is 12.3. The summed E-state index contributed by atoms with van der Waals surface area (Å²) in [4.78, 5) is 2.26. The topological polar surface area (TPSA) is 46.0 Å². The maximum Gasteiger partial charge on any atom is 0.0964 e. The minimum Gasteiger partial charge on any atom is -0.309 e. The number of nitrogens with zero attached hydrogens (tertiary/aromatic N) is 4. The molecule has 1 aromatic heterocycles. The van der Waals surface area contributed by atoms with Crippen LogP contribution in [0, 0.1) is 12.3 Å². The van der Waals surface area contributed by atoms with Gasteiger partial charge in [-0.25, -0.2) is 0 Å². The van der Waals surface area contributed by atoms with E-state index < -0.39 is 0 Å². The Balaban J connectivity index is 2.38. The summed E-state index contributed by atoms with van der Waals surface area (Å²) in [7, 11) is 0. The van der Waals surface area contributed by atoms with E-state index in [-0.39, 0.29) is 0 Å². The molecule has 0 aliphatic carbocycles. The summed E-state index contributed by atoms with van der Waals surface area (Å²) in [6.45, 7) is 10.6. The van der Waals surface area contributed by atoms with Crippen LogP contribution in [-0.2, 0) is 13.1 Å². The van der Waals surface area contributed by atoms with Gasteiger partial charge in [0.15, 0.2) is 0 Å². The fourth-order valence-corrected chi connectivity index (χ4v) is 1.80. The van der Waals surface area contributed by atoms with Gasteiger partial charge in [-0.15, -0.1) is 11.5 Å². The Kier molecular flexibility index (Phi) is 7.16. The van der Waals surface area contributed by atoms with E-state index in [9.17, 15) is 0 Å². The zero-order chi connectivity index (χ0) is 14.1. The fraction of sp³-hybridized carbons (Fsp3) is 0.714. The predicted octanol–water partition coefficient (Wildman–Crippen LogP) is 1.12. The third-order valence-corrected chi connectivity index (χ3v) is 2.78. The zero-order valence-electron chi connectivity index (χ0n) is 12.3. The normalized spacial score (nSPS) is 11.2. The lowest BCUT2D eigenvalue weighted by molar-refractivity contribution is 0.287. The summed E-state index contributed by atoms with van der Waals surface area (Å²) in [6, 6.07) is 0.459. The van der Waals surface area contributed by atoms with Crippen molar-refractivity contribution in [3.8, 4) is 12.3 Å². The Morgan fingerprint density at radius 2 is 2.26 bits per heavy atom. The minimum atomic E-state index is 0.459. The average molecular weight is 263 g/mol. The molecule has 0 saturated carbocycles. The Labute approximate surface area is 116 Å². The van der Waals surface area contributed by atoms with Gasteiger partial charge in [0, 0.05) is 25.3 Å². The van der Waals surface area contributed by atoms with E-state index in [0.29, 0.717) is 12.6 Å². The molecule has 1 aromatic rings. The van der Waals surface area contributed by atoms with Crippen LogP contribution in [0.1, 0.15) is 32.9 Å². The van der Waals surface area contributed by atoms with E-state index in [2.05, 4.69) is 47.2 Å². The number of rotatable bonds is 9. The molecule has 5 nitrogen and oxygen atoms in total. The van der Waals surface area contributed by atoms with Crippen LogP contribution in [0.4, 0.5) is 0 Å². The lowest BCUT2D eigenvalue weighted by Gasteiger charge is -2.18. The van der Waals surface area contributed by atoms with E-state index in [1.807, 2.05) is 10.9 Å². The van der Waals surface area contributed by atoms with Crippen LogP contribution in [0.15, 0.2) is 6.20 Å². The molecule has 0 fully saturated rings. The van der Waals surface area contributed by atoms with Crippen LogP contribution < -0.4 is 5.32 Å². The quantitative estimate of drug-likeness (QED) is 0.678. The summed E-state index contributed by atoms with van der Waals surface area (Å²) in [5.74, 6) is 2.70. The molecule has 0 aliphatic heterocycles. The second-order valence-electron chi connectivity index (χ2n) is 4.99. The summed E-state index contributed by atoms with van der Waals surface area (Å²) in [5, 5.41) is 11.6. The van der Waals surface area contributed by atoms with Gasteiger partial charge < -0.3 is 5.32 Å². The Hall–Kier alpha value is -1.38. The number of aromatic nitrogens is 3. The third kappa shape index (κ3) is 6.37. The van der Waals surface area contributed by atoms with Crippen molar-refractivity contribution in [3.63, 3.8) is 0 Å². The molecule has 0 spiro atoms. The molecule has 0 atom stereocenters. The van der Waals surface area contributed by atoms with Crippen LogP contribution in [0.3, 0.4) is 0 Å². The van der Waals surface area contributed by atoms with E-state index >= 15 is 0 Å². The molecule has 0 aromatic carbocycles. The van der Waals surface area contributed by atoms with Crippen molar-refractivity contribution < 1.29 is 0 Å². The molecule has 106 valence electrons. The van der Waals surface area contributed by atoms with Gasteiger partial charge in [-0.2, -0.15) is 0 Å². The second kappa shape index (κ2) is 8.68. The summed E-state index contributed by atoms with van der Waals surface area (Å²) in [6.07, 6.45) is 8.48. The van der Waals surface area contributed by atoms with Crippen molar-refractivity contribution >= 4 is 0 Å². The SMILES string of the molecule is C#CCN(CCC)CCn1cc(CNC(C)C)nn1. The average Bonchev–Trinajstić information content (AvgIpc) is 2.82. The fourth-order valence-electron chi connectivity index (χ4n) is 1.80. The summed E-state index contributed by atoms with van der Waals surface area (Å²) >= 11 is 0. The molecule has 0 amide bonds. The minimum absolute atomic E-state index is 0.459. The van der Waals surface area contributed by atoms with Gasteiger partial charge >= 0.3 is 0 Å². The molecule has 5 heteroatoms. The van der Waals surface area contributed by atoms with Crippen LogP contribution >= 0.6 is 0 Å². The largest absolute Gasteiger partial charge is 0.309 e. The number of nitrogens with one attached hydrogen (secondary N) is 1. The van der Waals surface area contributed by atoms with Crippen molar-refractivity contribution in [1.82, 2.24) is 25.2 Å². The van der Waals surface area contributed by atoms with Crippen molar-refractivity contribution in [2.24, 2.45) is 0 Å². The first kappa shape index (κ1) is 15.7. The lowest BCUT2D eigenvalue weighted by Crippen LogP contribution is -2.29. The van der Waals surface area contributed by atoms with Crippen LogP contribution in [0.2, 0.25) is 0 Å². The highest BCUT2D eigenvalue weighted by Gasteiger charge is 2.05. The summed E-state index contributed by atoms with van der Waals surface area (Å²) in [5.41, 5.74) is 0.979. The monoisotopic (exact) mass is 263 g/mol. The van der Waals surface area contributed by atoms with Gasteiger partial charge in [0.2, 0.25) is 0 Å². The molecule has 0 unspecified atom stereocenters. The first-order valence-electron chi connectivity index (χ1n) is 6.94. The molecule has 0 radical (unpaired) electrons. The molecule has 0 bridgehead atoms. The van der Waals surface area contributed by atoms with Gasteiger partial charge in [0.05, 0.1) is 18.8 Å². The maximum atomic E-state index is 5.37. The van der Waals surface area contributed by atoms with Crippen LogP contribution in [0.25, 0.3) is 0 Å². The third-order valence-electron chi connectivity index (χ3n) is 2.78. The summed E-state index contributed by atoms with van der Waals surface area (Å²) < 4.78 is 1.89. The molecule has 1 rings (SSSR count). The van der Waals surface area contributed by atoms with Crippen molar-refractivity contribution in [1.29, 1.82) is 0 Å². The van der Waals surface area contributed by atoms with Gasteiger partial charge in [-0.3, -0.25) is 9.58 Å². The predicted molar refractivity (Wildman–Crippen MR) is 77.6 cm³/mol. The molecular weight excluding hydrogens is 238 g/mol. The number of hydrogen-bond donors (Lipinski definition) is 1.